The van der Waals surface area contributed by atoms with E-state index in [4.69, 9.17) is 4.74 Å². The Balaban J connectivity index is 1.88. The van der Waals surface area contributed by atoms with Gasteiger partial charge in [0.15, 0.2) is 11.3 Å². The van der Waals surface area contributed by atoms with Crippen molar-refractivity contribution in [2.75, 3.05) is 13.7 Å². The van der Waals surface area contributed by atoms with Crippen molar-refractivity contribution in [3.8, 4) is 0 Å². The van der Waals surface area contributed by atoms with Crippen LogP contribution >= 0.6 is 0 Å². The number of hydrogen-bond donors (Lipinski definition) is 1. The van der Waals surface area contributed by atoms with Gasteiger partial charge in [0.05, 0.1) is 18.7 Å². The van der Waals surface area contributed by atoms with Crippen LogP contribution < -0.4 is 0 Å². The molecule has 2 aromatic rings. The number of hydrogen-bond acceptors (Lipinski definition) is 5. The van der Waals surface area contributed by atoms with Crippen LogP contribution in [0, 0.1) is 0 Å². The Morgan fingerprint density at radius 1 is 1.56 bits per heavy atom. The second kappa shape index (κ2) is 4.38. The van der Waals surface area contributed by atoms with Gasteiger partial charge in [-0.1, -0.05) is 0 Å². The van der Waals surface area contributed by atoms with E-state index in [2.05, 4.69) is 19.7 Å². The maximum absolute atomic E-state index is 11.4. The van der Waals surface area contributed by atoms with Gasteiger partial charge in [-0.05, 0) is 18.6 Å². The summed E-state index contributed by atoms with van der Waals surface area (Å²) in [6, 6.07) is 3.41. The van der Waals surface area contributed by atoms with E-state index < -0.39 is 5.97 Å². The van der Waals surface area contributed by atoms with E-state index >= 15 is 0 Å². The van der Waals surface area contributed by atoms with Crippen molar-refractivity contribution in [1.29, 1.82) is 0 Å². The molecule has 1 unspecified atom stereocenters. The number of fused-ring (bicyclic) bond motifs is 1. The first kappa shape index (κ1) is 11.2. The average molecular weight is 247 g/mol. The van der Waals surface area contributed by atoms with Gasteiger partial charge in [-0.2, -0.15) is 0 Å². The molecule has 1 aliphatic heterocycles. The van der Waals surface area contributed by atoms with Gasteiger partial charge in [0.2, 0.25) is 0 Å². The number of aromatic nitrogens is 3. The summed E-state index contributed by atoms with van der Waals surface area (Å²) in [6.07, 6.45) is 2.08. The Kier molecular flexibility index (Phi) is 2.71. The van der Waals surface area contributed by atoms with Gasteiger partial charge in [-0.3, -0.25) is 0 Å². The van der Waals surface area contributed by atoms with Gasteiger partial charge in [0, 0.05) is 13.0 Å². The summed E-state index contributed by atoms with van der Waals surface area (Å²) in [7, 11) is 1.33. The highest BCUT2D eigenvalue weighted by Crippen LogP contribution is 2.17. The third-order valence-electron chi connectivity index (χ3n) is 3.00. The van der Waals surface area contributed by atoms with Gasteiger partial charge in [-0.15, -0.1) is 0 Å². The molecular weight excluding hydrogens is 234 g/mol. The molecule has 0 radical (unpaired) electrons. The topological polar surface area (TPSA) is 77.1 Å². The molecule has 6 heteroatoms. The highest BCUT2D eigenvalue weighted by molar-refractivity contribution is 5.89. The molecule has 3 rings (SSSR count). The predicted octanol–water partition coefficient (Wildman–Crippen LogP) is 1.08. The van der Waals surface area contributed by atoms with Gasteiger partial charge >= 0.3 is 5.97 Å². The molecule has 0 bridgehead atoms. The minimum atomic E-state index is -0.455. The number of methoxy groups -OCH3 is 1. The molecule has 0 aromatic carbocycles. The van der Waals surface area contributed by atoms with Gasteiger partial charge in [-0.25, -0.2) is 14.8 Å². The summed E-state index contributed by atoms with van der Waals surface area (Å²) < 4.78 is 9.98. The number of carbonyl (C=O) groups is 1. The number of imidazole rings is 1. The SMILES string of the molecule is COC(=O)c1ccc2[nH]c(CC3CCO3)nc2n1. The molecule has 0 spiro atoms. The quantitative estimate of drug-likeness (QED) is 0.821. The fourth-order valence-corrected chi connectivity index (χ4v) is 1.92. The number of H-pyrrole nitrogens is 1. The number of aromatic amines is 1. The van der Waals surface area contributed by atoms with E-state index in [1.54, 1.807) is 12.1 Å². The van der Waals surface area contributed by atoms with Crippen LogP contribution in [0.15, 0.2) is 12.1 Å². The van der Waals surface area contributed by atoms with Crippen molar-refractivity contribution in [1.82, 2.24) is 15.0 Å². The van der Waals surface area contributed by atoms with E-state index in [1.807, 2.05) is 0 Å². The lowest BCUT2D eigenvalue weighted by Gasteiger charge is -2.25. The number of esters is 1. The molecule has 1 saturated heterocycles. The fourth-order valence-electron chi connectivity index (χ4n) is 1.92. The Morgan fingerprint density at radius 2 is 2.39 bits per heavy atom. The molecule has 1 N–H and O–H groups in total. The molecule has 1 fully saturated rings. The lowest BCUT2D eigenvalue weighted by atomic mass is 10.1. The number of nitrogens with zero attached hydrogens (tertiary/aromatic N) is 2. The first-order valence-corrected chi connectivity index (χ1v) is 5.82. The lowest BCUT2D eigenvalue weighted by molar-refractivity contribution is -0.0500. The number of ether oxygens (including phenoxy) is 2. The first-order chi connectivity index (χ1) is 8.76. The first-order valence-electron chi connectivity index (χ1n) is 5.82. The molecular formula is C12H13N3O3. The van der Waals surface area contributed by atoms with Crippen LogP contribution in [0.4, 0.5) is 0 Å². The van der Waals surface area contributed by atoms with Gasteiger partial charge in [0.25, 0.3) is 0 Å². The standard InChI is InChI=1S/C12H13N3O3/c1-17-12(16)9-3-2-8-11(14-9)15-10(13-8)6-7-4-5-18-7/h2-3,7H,4-6H2,1H3,(H,13,14,15). The molecule has 0 saturated carbocycles. The molecule has 2 aromatic heterocycles. The van der Waals surface area contributed by atoms with Crippen molar-refractivity contribution in [2.24, 2.45) is 0 Å². The molecule has 3 heterocycles. The van der Waals surface area contributed by atoms with Crippen molar-refractivity contribution < 1.29 is 14.3 Å². The molecule has 18 heavy (non-hydrogen) atoms. The summed E-state index contributed by atoms with van der Waals surface area (Å²) in [5.74, 6) is 0.382. The summed E-state index contributed by atoms with van der Waals surface area (Å²) in [6.45, 7) is 0.829. The zero-order valence-electron chi connectivity index (χ0n) is 9.97. The lowest BCUT2D eigenvalue weighted by Crippen LogP contribution is -2.29. The Hall–Kier alpha value is -1.95. The van der Waals surface area contributed by atoms with Gasteiger partial charge in [0.1, 0.15) is 5.82 Å². The predicted molar refractivity (Wildman–Crippen MR) is 63.3 cm³/mol. The minimum absolute atomic E-state index is 0.255. The van der Waals surface area contributed by atoms with E-state index in [1.165, 1.54) is 7.11 Å². The number of carbonyl (C=O) groups excluding carboxylic acids is 1. The zero-order valence-corrected chi connectivity index (χ0v) is 9.97. The molecule has 94 valence electrons. The van der Waals surface area contributed by atoms with Crippen LogP contribution in [0.3, 0.4) is 0 Å². The molecule has 1 atom stereocenters. The molecule has 1 aliphatic rings. The summed E-state index contributed by atoms with van der Waals surface area (Å²) in [4.78, 5) is 23.0. The second-order valence-corrected chi connectivity index (χ2v) is 4.23. The number of nitrogens with one attached hydrogen (secondary N) is 1. The fraction of sp³-hybridized carbons (Fsp3) is 0.417. The average Bonchev–Trinajstić information content (AvgIpc) is 2.74. The zero-order chi connectivity index (χ0) is 12.5. The third-order valence-corrected chi connectivity index (χ3v) is 3.00. The second-order valence-electron chi connectivity index (χ2n) is 4.23. The molecule has 0 amide bonds. The van der Waals surface area contributed by atoms with Crippen LogP contribution in [0.25, 0.3) is 11.2 Å². The Labute approximate surface area is 103 Å². The summed E-state index contributed by atoms with van der Waals surface area (Å²) in [5.41, 5.74) is 1.62. The van der Waals surface area contributed by atoms with Crippen LogP contribution in [0.1, 0.15) is 22.7 Å². The number of pyridine rings is 1. The monoisotopic (exact) mass is 247 g/mol. The van der Waals surface area contributed by atoms with Crippen LogP contribution in [-0.2, 0) is 15.9 Å². The maximum atomic E-state index is 11.4. The molecule has 0 aliphatic carbocycles. The van der Waals surface area contributed by atoms with Crippen molar-refractivity contribution >= 4 is 17.1 Å². The minimum Gasteiger partial charge on any atom is -0.464 e. The largest absolute Gasteiger partial charge is 0.464 e. The van der Waals surface area contributed by atoms with Crippen LogP contribution in [-0.4, -0.2) is 40.7 Å². The van der Waals surface area contributed by atoms with E-state index in [-0.39, 0.29) is 11.8 Å². The highest BCUT2D eigenvalue weighted by atomic mass is 16.5. The molecule has 6 nitrogen and oxygen atoms in total. The van der Waals surface area contributed by atoms with Crippen molar-refractivity contribution in [3.05, 3.63) is 23.7 Å². The third kappa shape index (κ3) is 1.95. The van der Waals surface area contributed by atoms with E-state index in [0.29, 0.717) is 5.65 Å². The summed E-state index contributed by atoms with van der Waals surface area (Å²) >= 11 is 0. The Bertz CT molecular complexity index is 589. The highest BCUT2D eigenvalue weighted by Gasteiger charge is 2.20. The van der Waals surface area contributed by atoms with E-state index in [9.17, 15) is 4.79 Å². The van der Waals surface area contributed by atoms with Crippen molar-refractivity contribution in [2.45, 2.75) is 18.9 Å². The van der Waals surface area contributed by atoms with Gasteiger partial charge < -0.3 is 14.5 Å². The smallest absolute Gasteiger partial charge is 0.356 e. The maximum Gasteiger partial charge on any atom is 0.356 e. The number of rotatable bonds is 3. The van der Waals surface area contributed by atoms with E-state index in [0.717, 1.165) is 30.8 Å². The van der Waals surface area contributed by atoms with Crippen LogP contribution in [0.5, 0.6) is 0 Å². The van der Waals surface area contributed by atoms with Crippen molar-refractivity contribution in [3.63, 3.8) is 0 Å². The van der Waals surface area contributed by atoms with Crippen LogP contribution in [0.2, 0.25) is 0 Å². The summed E-state index contributed by atoms with van der Waals surface area (Å²) in [5, 5.41) is 0. The Morgan fingerprint density at radius 3 is 3.06 bits per heavy atom. The normalized spacial score (nSPS) is 18.6.